The molecule has 6 heteroatoms. The molecule has 1 saturated heterocycles. The van der Waals surface area contributed by atoms with Crippen molar-refractivity contribution in [2.75, 3.05) is 53.1 Å². The molecule has 1 aromatic rings. The van der Waals surface area contributed by atoms with Crippen molar-refractivity contribution >= 4 is 5.91 Å². The summed E-state index contributed by atoms with van der Waals surface area (Å²) in [4.78, 5) is 13.8. The van der Waals surface area contributed by atoms with Crippen molar-refractivity contribution in [3.05, 3.63) is 24.3 Å². The predicted octanol–water partition coefficient (Wildman–Crippen LogP) is 0.522. The fraction of sp³-hybridized carbons (Fsp3) is 0.533. The van der Waals surface area contributed by atoms with E-state index < -0.39 is 0 Å². The van der Waals surface area contributed by atoms with E-state index in [1.807, 2.05) is 24.3 Å². The summed E-state index contributed by atoms with van der Waals surface area (Å²) in [5, 5.41) is 2.85. The van der Waals surface area contributed by atoms with Gasteiger partial charge in [0.25, 0.3) is 0 Å². The molecule has 1 aliphatic heterocycles. The van der Waals surface area contributed by atoms with Crippen LogP contribution in [0.15, 0.2) is 24.3 Å². The molecule has 0 spiro atoms. The van der Waals surface area contributed by atoms with Crippen molar-refractivity contribution in [2.45, 2.75) is 0 Å². The number of carbonyl (C=O) groups is 1. The molecule has 1 amide bonds. The van der Waals surface area contributed by atoms with E-state index in [-0.39, 0.29) is 5.91 Å². The van der Waals surface area contributed by atoms with Crippen LogP contribution in [-0.2, 0) is 9.53 Å². The molecule has 0 aliphatic carbocycles. The van der Waals surface area contributed by atoms with Gasteiger partial charge in [-0.2, -0.15) is 0 Å². The second kappa shape index (κ2) is 8.49. The van der Waals surface area contributed by atoms with Gasteiger partial charge in [-0.15, -0.1) is 0 Å². The van der Waals surface area contributed by atoms with E-state index in [1.165, 1.54) is 0 Å². The van der Waals surface area contributed by atoms with Crippen LogP contribution in [0.2, 0.25) is 0 Å². The number of benzene rings is 1. The number of morpholine rings is 1. The third-order valence-corrected chi connectivity index (χ3v) is 3.22. The second-order valence-electron chi connectivity index (χ2n) is 4.76. The van der Waals surface area contributed by atoms with Crippen LogP contribution in [0.25, 0.3) is 0 Å². The number of hydrogen-bond acceptors (Lipinski definition) is 5. The van der Waals surface area contributed by atoms with Crippen LogP contribution in [0, 0.1) is 0 Å². The first-order valence-corrected chi connectivity index (χ1v) is 7.11. The van der Waals surface area contributed by atoms with E-state index in [0.717, 1.165) is 24.6 Å². The summed E-state index contributed by atoms with van der Waals surface area (Å²) >= 11 is 0. The topological polar surface area (TPSA) is 60.0 Å². The monoisotopic (exact) mass is 294 g/mol. The van der Waals surface area contributed by atoms with Gasteiger partial charge in [0, 0.05) is 13.1 Å². The zero-order valence-electron chi connectivity index (χ0n) is 12.3. The molecule has 116 valence electrons. The van der Waals surface area contributed by atoms with E-state index >= 15 is 0 Å². The molecule has 0 radical (unpaired) electrons. The van der Waals surface area contributed by atoms with E-state index in [2.05, 4.69) is 10.2 Å². The number of carbonyl (C=O) groups excluding carboxylic acids is 1. The van der Waals surface area contributed by atoms with Crippen LogP contribution >= 0.6 is 0 Å². The number of hydrogen-bond donors (Lipinski definition) is 1. The van der Waals surface area contributed by atoms with Crippen LogP contribution in [0.4, 0.5) is 0 Å². The van der Waals surface area contributed by atoms with Crippen LogP contribution in [-0.4, -0.2) is 63.9 Å². The fourth-order valence-corrected chi connectivity index (χ4v) is 2.05. The van der Waals surface area contributed by atoms with E-state index in [9.17, 15) is 4.79 Å². The fourth-order valence-electron chi connectivity index (χ4n) is 2.05. The van der Waals surface area contributed by atoms with Gasteiger partial charge < -0.3 is 19.5 Å². The molecule has 21 heavy (non-hydrogen) atoms. The molecular weight excluding hydrogens is 272 g/mol. The molecule has 1 heterocycles. The van der Waals surface area contributed by atoms with Gasteiger partial charge in [-0.1, -0.05) is 0 Å². The molecule has 1 N–H and O–H groups in total. The normalized spacial score (nSPS) is 15.5. The number of nitrogens with one attached hydrogen (secondary N) is 1. The first-order chi connectivity index (χ1) is 10.3. The van der Waals surface area contributed by atoms with Gasteiger partial charge in [0.1, 0.15) is 18.1 Å². The number of rotatable bonds is 7. The molecule has 1 aromatic carbocycles. The average molecular weight is 294 g/mol. The molecule has 2 rings (SSSR count). The van der Waals surface area contributed by atoms with Gasteiger partial charge >= 0.3 is 0 Å². The average Bonchev–Trinajstić information content (AvgIpc) is 2.53. The first-order valence-electron chi connectivity index (χ1n) is 7.11. The Morgan fingerprint density at radius 1 is 1.24 bits per heavy atom. The van der Waals surface area contributed by atoms with Gasteiger partial charge in [-0.05, 0) is 24.3 Å². The summed E-state index contributed by atoms with van der Waals surface area (Å²) in [6, 6.07) is 7.36. The lowest BCUT2D eigenvalue weighted by atomic mass is 10.3. The maximum Gasteiger partial charge on any atom is 0.234 e. The van der Waals surface area contributed by atoms with Crippen LogP contribution in [0.5, 0.6) is 11.5 Å². The molecular formula is C15H22N2O4. The Hall–Kier alpha value is -1.79. The lowest BCUT2D eigenvalue weighted by molar-refractivity contribution is -0.123. The summed E-state index contributed by atoms with van der Waals surface area (Å²) in [5.74, 6) is 1.58. The minimum Gasteiger partial charge on any atom is -0.497 e. The molecule has 6 nitrogen and oxygen atoms in total. The van der Waals surface area contributed by atoms with Crippen molar-refractivity contribution < 1.29 is 19.0 Å². The Morgan fingerprint density at radius 3 is 2.57 bits per heavy atom. The minimum atomic E-state index is 0.0234. The number of nitrogens with zero attached hydrogens (tertiary/aromatic N) is 1. The third kappa shape index (κ3) is 5.61. The SMILES string of the molecule is COc1ccc(OCCNC(=O)CN2CCOCC2)cc1. The summed E-state index contributed by atoms with van der Waals surface area (Å²) < 4.78 is 15.9. The minimum absolute atomic E-state index is 0.0234. The number of methoxy groups -OCH3 is 1. The van der Waals surface area contributed by atoms with E-state index in [0.29, 0.717) is 32.9 Å². The summed E-state index contributed by atoms with van der Waals surface area (Å²) in [5.41, 5.74) is 0. The maximum absolute atomic E-state index is 11.7. The molecule has 0 unspecified atom stereocenters. The standard InChI is InChI=1S/C15H22N2O4/c1-19-13-2-4-14(5-3-13)21-9-6-16-15(18)12-17-7-10-20-11-8-17/h2-5H,6-12H2,1H3,(H,16,18). The zero-order valence-corrected chi connectivity index (χ0v) is 12.3. The van der Waals surface area contributed by atoms with Crippen molar-refractivity contribution in [1.82, 2.24) is 10.2 Å². The van der Waals surface area contributed by atoms with Crippen molar-refractivity contribution in [1.29, 1.82) is 0 Å². The molecule has 0 bridgehead atoms. The van der Waals surface area contributed by atoms with E-state index in [1.54, 1.807) is 7.11 Å². The van der Waals surface area contributed by atoms with Gasteiger partial charge in [0.15, 0.2) is 0 Å². The van der Waals surface area contributed by atoms with Crippen LogP contribution in [0.3, 0.4) is 0 Å². The van der Waals surface area contributed by atoms with E-state index in [4.69, 9.17) is 14.2 Å². The molecule has 1 aliphatic rings. The lowest BCUT2D eigenvalue weighted by Crippen LogP contribution is -2.43. The molecule has 0 atom stereocenters. The molecule has 1 fully saturated rings. The Morgan fingerprint density at radius 2 is 1.90 bits per heavy atom. The largest absolute Gasteiger partial charge is 0.497 e. The molecule has 0 aromatic heterocycles. The Balaban J connectivity index is 1.58. The summed E-state index contributed by atoms with van der Waals surface area (Å²) in [6.45, 7) is 4.40. The lowest BCUT2D eigenvalue weighted by Gasteiger charge is -2.25. The van der Waals surface area contributed by atoms with Gasteiger partial charge in [-0.3, -0.25) is 9.69 Å². The highest BCUT2D eigenvalue weighted by Gasteiger charge is 2.13. The summed E-state index contributed by atoms with van der Waals surface area (Å²) in [6.07, 6.45) is 0. The smallest absolute Gasteiger partial charge is 0.234 e. The van der Waals surface area contributed by atoms with Gasteiger partial charge in [0.2, 0.25) is 5.91 Å². The van der Waals surface area contributed by atoms with Crippen molar-refractivity contribution in [2.24, 2.45) is 0 Å². The van der Waals surface area contributed by atoms with Crippen molar-refractivity contribution in [3.8, 4) is 11.5 Å². The Kier molecular flexibility index (Phi) is 6.30. The first kappa shape index (κ1) is 15.6. The quantitative estimate of drug-likeness (QED) is 0.743. The third-order valence-electron chi connectivity index (χ3n) is 3.22. The maximum atomic E-state index is 11.7. The highest BCUT2D eigenvalue weighted by molar-refractivity contribution is 5.77. The number of amides is 1. The van der Waals surface area contributed by atoms with Crippen molar-refractivity contribution in [3.63, 3.8) is 0 Å². The zero-order chi connectivity index (χ0) is 14.9. The molecule has 0 saturated carbocycles. The highest BCUT2D eigenvalue weighted by atomic mass is 16.5. The second-order valence-corrected chi connectivity index (χ2v) is 4.76. The highest BCUT2D eigenvalue weighted by Crippen LogP contribution is 2.16. The summed E-state index contributed by atoms with van der Waals surface area (Å²) in [7, 11) is 1.62. The van der Waals surface area contributed by atoms with Gasteiger partial charge in [-0.25, -0.2) is 0 Å². The Bertz CT molecular complexity index is 430. The van der Waals surface area contributed by atoms with Crippen LogP contribution in [0.1, 0.15) is 0 Å². The number of ether oxygens (including phenoxy) is 3. The predicted molar refractivity (Wildman–Crippen MR) is 78.8 cm³/mol. The van der Waals surface area contributed by atoms with Gasteiger partial charge in [0.05, 0.1) is 33.4 Å². The van der Waals surface area contributed by atoms with Crippen LogP contribution < -0.4 is 14.8 Å². The Labute approximate surface area is 125 Å².